The van der Waals surface area contributed by atoms with E-state index in [9.17, 15) is 0 Å². The topological polar surface area (TPSA) is 36.4 Å². The lowest BCUT2D eigenvalue weighted by Crippen LogP contribution is -2.37. The van der Waals surface area contributed by atoms with Gasteiger partial charge in [0.15, 0.2) is 5.96 Å². The molecule has 0 bridgehead atoms. The molecule has 0 spiro atoms. The summed E-state index contributed by atoms with van der Waals surface area (Å²) < 4.78 is 0. The normalized spacial score (nSPS) is 11.6. The molecule has 0 aliphatic carbocycles. The van der Waals surface area contributed by atoms with Gasteiger partial charge in [-0.2, -0.15) is 0 Å². The van der Waals surface area contributed by atoms with Gasteiger partial charge >= 0.3 is 0 Å². The third-order valence-electron chi connectivity index (χ3n) is 2.52. The van der Waals surface area contributed by atoms with Crippen molar-refractivity contribution in [3.63, 3.8) is 0 Å². The van der Waals surface area contributed by atoms with Crippen LogP contribution >= 0.6 is 11.3 Å². The van der Waals surface area contributed by atoms with E-state index in [4.69, 9.17) is 0 Å². The minimum atomic E-state index is 0.853. The van der Waals surface area contributed by atoms with Gasteiger partial charge in [0.1, 0.15) is 0 Å². The number of guanidine groups is 1. The SMILES string of the molecule is CCCCCNC(=NC)NCc1ccc(C)s1. The van der Waals surface area contributed by atoms with E-state index in [1.807, 2.05) is 18.4 Å². The third kappa shape index (κ3) is 5.73. The molecule has 0 saturated carbocycles. The molecule has 17 heavy (non-hydrogen) atoms. The average Bonchev–Trinajstić information content (AvgIpc) is 2.74. The molecule has 96 valence electrons. The first-order chi connectivity index (χ1) is 8.26. The zero-order chi connectivity index (χ0) is 12.5. The van der Waals surface area contributed by atoms with E-state index in [2.05, 4.69) is 41.6 Å². The van der Waals surface area contributed by atoms with Crippen LogP contribution in [-0.4, -0.2) is 19.6 Å². The Kier molecular flexibility index (Phi) is 6.70. The van der Waals surface area contributed by atoms with Crippen LogP contribution in [-0.2, 0) is 6.54 Å². The van der Waals surface area contributed by atoms with Crippen LogP contribution in [0.5, 0.6) is 0 Å². The summed E-state index contributed by atoms with van der Waals surface area (Å²) in [7, 11) is 1.81. The first kappa shape index (κ1) is 14.0. The molecule has 0 fully saturated rings. The van der Waals surface area contributed by atoms with E-state index < -0.39 is 0 Å². The van der Waals surface area contributed by atoms with Gasteiger partial charge in [0.2, 0.25) is 0 Å². The van der Waals surface area contributed by atoms with Gasteiger partial charge in [-0.1, -0.05) is 19.8 Å². The molecular weight excluding hydrogens is 230 g/mol. The average molecular weight is 253 g/mol. The molecule has 3 nitrogen and oxygen atoms in total. The van der Waals surface area contributed by atoms with Gasteiger partial charge in [0, 0.05) is 23.3 Å². The Morgan fingerprint density at radius 2 is 2.12 bits per heavy atom. The van der Waals surface area contributed by atoms with Crippen LogP contribution in [0.4, 0.5) is 0 Å². The molecule has 0 saturated heterocycles. The van der Waals surface area contributed by atoms with E-state index in [0.29, 0.717) is 0 Å². The zero-order valence-corrected chi connectivity index (χ0v) is 11.9. The smallest absolute Gasteiger partial charge is 0.191 e. The molecule has 1 aromatic rings. The summed E-state index contributed by atoms with van der Waals surface area (Å²) in [5, 5.41) is 6.65. The van der Waals surface area contributed by atoms with Gasteiger partial charge in [-0.05, 0) is 25.5 Å². The van der Waals surface area contributed by atoms with E-state index in [1.165, 1.54) is 29.0 Å². The maximum absolute atomic E-state index is 4.21. The molecule has 0 aliphatic heterocycles. The van der Waals surface area contributed by atoms with Gasteiger partial charge < -0.3 is 10.6 Å². The number of rotatable bonds is 6. The Bertz CT molecular complexity index is 344. The fourth-order valence-electron chi connectivity index (χ4n) is 1.55. The van der Waals surface area contributed by atoms with Gasteiger partial charge in [-0.15, -0.1) is 11.3 Å². The third-order valence-corrected chi connectivity index (χ3v) is 3.52. The van der Waals surface area contributed by atoms with Gasteiger partial charge in [0.25, 0.3) is 0 Å². The minimum absolute atomic E-state index is 0.853. The number of nitrogens with zero attached hydrogens (tertiary/aromatic N) is 1. The standard InChI is InChI=1S/C13H23N3S/c1-4-5-6-9-15-13(14-3)16-10-12-8-7-11(2)17-12/h7-8H,4-6,9-10H2,1-3H3,(H2,14,15,16). The molecule has 0 amide bonds. The molecule has 1 aromatic heterocycles. The quantitative estimate of drug-likeness (QED) is 0.464. The molecule has 4 heteroatoms. The summed E-state index contributed by atoms with van der Waals surface area (Å²) in [6.07, 6.45) is 3.73. The molecule has 1 heterocycles. The lowest BCUT2D eigenvalue weighted by atomic mass is 10.2. The second-order valence-electron chi connectivity index (χ2n) is 4.07. The maximum Gasteiger partial charge on any atom is 0.191 e. The first-order valence-corrected chi connectivity index (χ1v) is 7.07. The van der Waals surface area contributed by atoms with E-state index in [-0.39, 0.29) is 0 Å². The molecule has 0 aliphatic rings. The molecule has 0 radical (unpaired) electrons. The monoisotopic (exact) mass is 253 g/mol. The highest BCUT2D eigenvalue weighted by Crippen LogP contribution is 2.14. The van der Waals surface area contributed by atoms with Gasteiger partial charge in [-0.25, -0.2) is 0 Å². The van der Waals surface area contributed by atoms with Crippen LogP contribution in [0, 0.1) is 6.92 Å². The van der Waals surface area contributed by atoms with Crippen molar-refractivity contribution in [3.8, 4) is 0 Å². The van der Waals surface area contributed by atoms with Crippen LogP contribution in [0.1, 0.15) is 35.9 Å². The number of aryl methyl sites for hydroxylation is 1. The van der Waals surface area contributed by atoms with Crippen molar-refractivity contribution in [2.45, 2.75) is 39.7 Å². The van der Waals surface area contributed by atoms with Crippen molar-refractivity contribution in [1.29, 1.82) is 0 Å². The second kappa shape index (κ2) is 8.12. The zero-order valence-electron chi connectivity index (χ0n) is 11.0. The molecular formula is C13H23N3S. The summed E-state index contributed by atoms with van der Waals surface area (Å²) in [4.78, 5) is 6.91. The highest BCUT2D eigenvalue weighted by molar-refractivity contribution is 7.11. The first-order valence-electron chi connectivity index (χ1n) is 6.26. The van der Waals surface area contributed by atoms with Crippen LogP contribution < -0.4 is 10.6 Å². The number of thiophene rings is 1. The maximum atomic E-state index is 4.21. The molecule has 0 atom stereocenters. The van der Waals surface area contributed by atoms with Crippen LogP contribution in [0.15, 0.2) is 17.1 Å². The molecule has 1 rings (SSSR count). The fraction of sp³-hybridized carbons (Fsp3) is 0.615. The summed E-state index contributed by atoms with van der Waals surface area (Å²) in [5.74, 6) is 0.896. The predicted octanol–water partition coefficient (Wildman–Crippen LogP) is 2.91. The number of aliphatic imine (C=N–C) groups is 1. The van der Waals surface area contributed by atoms with Crippen molar-refractivity contribution >= 4 is 17.3 Å². The predicted molar refractivity (Wildman–Crippen MR) is 76.8 cm³/mol. The van der Waals surface area contributed by atoms with E-state index in [0.717, 1.165) is 19.0 Å². The van der Waals surface area contributed by atoms with Crippen molar-refractivity contribution in [2.24, 2.45) is 4.99 Å². The number of nitrogens with one attached hydrogen (secondary N) is 2. The Morgan fingerprint density at radius 3 is 2.71 bits per heavy atom. The lowest BCUT2D eigenvalue weighted by Gasteiger charge is -2.10. The van der Waals surface area contributed by atoms with Crippen LogP contribution in [0.3, 0.4) is 0 Å². The summed E-state index contributed by atoms with van der Waals surface area (Å²) in [5.41, 5.74) is 0. The minimum Gasteiger partial charge on any atom is -0.356 e. The fourth-order valence-corrected chi connectivity index (χ4v) is 2.38. The molecule has 0 aromatic carbocycles. The Balaban J connectivity index is 2.23. The van der Waals surface area contributed by atoms with Crippen molar-refractivity contribution in [1.82, 2.24) is 10.6 Å². The largest absolute Gasteiger partial charge is 0.356 e. The molecule has 0 unspecified atom stereocenters. The van der Waals surface area contributed by atoms with Crippen molar-refractivity contribution in [3.05, 3.63) is 21.9 Å². The molecule has 2 N–H and O–H groups in total. The van der Waals surface area contributed by atoms with E-state index >= 15 is 0 Å². The number of hydrogen-bond acceptors (Lipinski definition) is 2. The summed E-state index contributed by atoms with van der Waals surface area (Å²) in [6, 6.07) is 4.32. The van der Waals surface area contributed by atoms with Crippen LogP contribution in [0.25, 0.3) is 0 Å². The van der Waals surface area contributed by atoms with Gasteiger partial charge in [-0.3, -0.25) is 4.99 Å². The van der Waals surface area contributed by atoms with E-state index in [1.54, 1.807) is 0 Å². The highest BCUT2D eigenvalue weighted by Gasteiger charge is 1.99. The Labute approximate surface area is 108 Å². The van der Waals surface area contributed by atoms with Crippen molar-refractivity contribution < 1.29 is 0 Å². The number of unbranched alkanes of at least 4 members (excludes halogenated alkanes) is 2. The summed E-state index contributed by atoms with van der Waals surface area (Å²) in [6.45, 7) is 6.20. The van der Waals surface area contributed by atoms with Gasteiger partial charge in [0.05, 0.1) is 6.54 Å². The Morgan fingerprint density at radius 1 is 1.29 bits per heavy atom. The second-order valence-corrected chi connectivity index (χ2v) is 5.44. The van der Waals surface area contributed by atoms with Crippen molar-refractivity contribution in [2.75, 3.05) is 13.6 Å². The number of hydrogen-bond donors (Lipinski definition) is 2. The lowest BCUT2D eigenvalue weighted by molar-refractivity contribution is 0.683. The van der Waals surface area contributed by atoms with Crippen LogP contribution in [0.2, 0.25) is 0 Å². The summed E-state index contributed by atoms with van der Waals surface area (Å²) >= 11 is 1.83. The highest BCUT2D eigenvalue weighted by atomic mass is 32.1. The Hall–Kier alpha value is -1.03.